The molecule has 5 heteroatoms. The third kappa shape index (κ3) is 4.42. The minimum atomic E-state index is -0.228. The molecule has 0 spiro atoms. The summed E-state index contributed by atoms with van der Waals surface area (Å²) in [5, 5.41) is 0. The quantitative estimate of drug-likeness (QED) is 0.499. The van der Waals surface area contributed by atoms with E-state index >= 15 is 0 Å². The number of hydrogen-bond donors (Lipinski definition) is 1. The van der Waals surface area contributed by atoms with E-state index in [1.54, 1.807) is 30.3 Å². The third-order valence-corrected chi connectivity index (χ3v) is 3.91. The van der Waals surface area contributed by atoms with Gasteiger partial charge in [-0.3, -0.25) is 14.5 Å². The van der Waals surface area contributed by atoms with Crippen LogP contribution in [-0.4, -0.2) is 29.9 Å². The van der Waals surface area contributed by atoms with Crippen LogP contribution in [-0.2, 0) is 0 Å². The highest BCUT2D eigenvalue weighted by Gasteiger charge is 2.34. The van der Waals surface area contributed by atoms with Crippen molar-refractivity contribution in [3.05, 3.63) is 59.2 Å². The van der Waals surface area contributed by atoms with Gasteiger partial charge in [0.15, 0.2) is 0 Å². The zero-order valence-corrected chi connectivity index (χ0v) is 15.6. The molecule has 0 fully saturated rings. The van der Waals surface area contributed by atoms with Crippen LogP contribution in [0.3, 0.4) is 0 Å². The summed E-state index contributed by atoms with van der Waals surface area (Å²) in [6.45, 7) is 6.94. The SMILES string of the molecule is CCC.Cc1cc(OCCCN2C(=O)c3ccccc3C2=O)ccc1N. The molecule has 26 heavy (non-hydrogen) atoms. The van der Waals surface area contributed by atoms with Gasteiger partial charge in [-0.2, -0.15) is 0 Å². The van der Waals surface area contributed by atoms with Gasteiger partial charge in [0.25, 0.3) is 11.8 Å². The molecule has 138 valence electrons. The normalized spacial score (nSPS) is 12.5. The summed E-state index contributed by atoms with van der Waals surface area (Å²) in [6.07, 6.45) is 1.83. The standard InChI is InChI=1S/C18H18N2O3.C3H8/c1-12-11-13(7-8-16(12)19)23-10-4-9-20-17(21)14-5-2-3-6-15(14)18(20)22;1-3-2/h2-3,5-8,11H,4,9-10,19H2,1H3;3H2,1-2H3. The summed E-state index contributed by atoms with van der Waals surface area (Å²) < 4.78 is 5.64. The average Bonchev–Trinajstić information content (AvgIpc) is 2.87. The molecule has 0 aliphatic carbocycles. The highest BCUT2D eigenvalue weighted by Crippen LogP contribution is 2.23. The number of nitrogens with zero attached hydrogens (tertiary/aromatic N) is 1. The van der Waals surface area contributed by atoms with Crippen LogP contribution in [0.5, 0.6) is 5.75 Å². The summed E-state index contributed by atoms with van der Waals surface area (Å²) in [7, 11) is 0. The molecule has 1 aliphatic heterocycles. The molecular weight excluding hydrogens is 328 g/mol. The lowest BCUT2D eigenvalue weighted by Gasteiger charge is -2.14. The number of imide groups is 1. The Balaban J connectivity index is 0.000000758. The van der Waals surface area contributed by atoms with E-state index in [4.69, 9.17) is 10.5 Å². The van der Waals surface area contributed by atoms with E-state index < -0.39 is 0 Å². The van der Waals surface area contributed by atoms with Crippen LogP contribution in [0.15, 0.2) is 42.5 Å². The van der Waals surface area contributed by atoms with Gasteiger partial charge in [0, 0.05) is 12.2 Å². The van der Waals surface area contributed by atoms with Crippen molar-refractivity contribution in [3.63, 3.8) is 0 Å². The number of ether oxygens (including phenoxy) is 1. The maximum Gasteiger partial charge on any atom is 0.261 e. The van der Waals surface area contributed by atoms with E-state index in [0.717, 1.165) is 17.0 Å². The first kappa shape index (κ1) is 19.5. The van der Waals surface area contributed by atoms with Crippen LogP contribution in [0.1, 0.15) is 53.0 Å². The number of nitrogen functional groups attached to an aromatic ring is 1. The topological polar surface area (TPSA) is 72.6 Å². The fraction of sp³-hybridized carbons (Fsp3) is 0.333. The van der Waals surface area contributed by atoms with Crippen molar-refractivity contribution in [2.24, 2.45) is 0 Å². The largest absolute Gasteiger partial charge is 0.494 e. The summed E-state index contributed by atoms with van der Waals surface area (Å²) in [5.74, 6) is 0.280. The van der Waals surface area contributed by atoms with Gasteiger partial charge < -0.3 is 10.5 Å². The molecular formula is C21H26N2O3. The molecule has 0 saturated carbocycles. The van der Waals surface area contributed by atoms with Crippen molar-refractivity contribution < 1.29 is 14.3 Å². The highest BCUT2D eigenvalue weighted by molar-refractivity contribution is 6.21. The Morgan fingerprint density at radius 3 is 2.12 bits per heavy atom. The zero-order valence-electron chi connectivity index (χ0n) is 15.6. The molecule has 0 aromatic heterocycles. The number of carbonyl (C=O) groups is 2. The molecule has 2 aromatic rings. The molecule has 0 bridgehead atoms. The van der Waals surface area contributed by atoms with Crippen molar-refractivity contribution in [1.82, 2.24) is 4.90 Å². The minimum Gasteiger partial charge on any atom is -0.494 e. The predicted octanol–water partition coefficient (Wildman–Crippen LogP) is 4.06. The van der Waals surface area contributed by atoms with Crippen LogP contribution in [0.2, 0.25) is 0 Å². The molecule has 3 rings (SSSR count). The van der Waals surface area contributed by atoms with Gasteiger partial charge in [-0.15, -0.1) is 0 Å². The summed E-state index contributed by atoms with van der Waals surface area (Å²) in [4.78, 5) is 25.7. The maximum atomic E-state index is 12.2. The van der Waals surface area contributed by atoms with Crippen molar-refractivity contribution in [3.8, 4) is 5.75 Å². The number of rotatable bonds is 5. The van der Waals surface area contributed by atoms with E-state index in [1.807, 2.05) is 19.1 Å². The van der Waals surface area contributed by atoms with Crippen LogP contribution in [0.25, 0.3) is 0 Å². The predicted molar refractivity (Wildman–Crippen MR) is 103 cm³/mol. The Kier molecular flexibility index (Phi) is 6.78. The monoisotopic (exact) mass is 354 g/mol. The minimum absolute atomic E-state index is 0.228. The lowest BCUT2D eigenvalue weighted by molar-refractivity contribution is 0.0647. The van der Waals surface area contributed by atoms with Gasteiger partial charge >= 0.3 is 0 Å². The summed E-state index contributed by atoms with van der Waals surface area (Å²) >= 11 is 0. The zero-order chi connectivity index (χ0) is 19.1. The van der Waals surface area contributed by atoms with Gasteiger partial charge in [0.1, 0.15) is 5.75 Å². The number of nitrogens with two attached hydrogens (primary N) is 1. The van der Waals surface area contributed by atoms with Crippen LogP contribution >= 0.6 is 0 Å². The molecule has 2 aromatic carbocycles. The van der Waals surface area contributed by atoms with Crippen molar-refractivity contribution in [1.29, 1.82) is 0 Å². The number of fused-ring (bicyclic) bond motifs is 1. The first-order chi connectivity index (χ1) is 12.5. The molecule has 0 saturated heterocycles. The number of aryl methyl sites for hydroxylation is 1. The highest BCUT2D eigenvalue weighted by atomic mass is 16.5. The lowest BCUT2D eigenvalue weighted by Crippen LogP contribution is -2.31. The smallest absolute Gasteiger partial charge is 0.261 e. The average molecular weight is 354 g/mol. The number of benzene rings is 2. The molecule has 0 atom stereocenters. The van der Waals surface area contributed by atoms with E-state index in [9.17, 15) is 9.59 Å². The van der Waals surface area contributed by atoms with Crippen LogP contribution in [0, 0.1) is 6.92 Å². The maximum absolute atomic E-state index is 12.2. The van der Waals surface area contributed by atoms with E-state index in [1.165, 1.54) is 11.3 Å². The lowest BCUT2D eigenvalue weighted by atomic mass is 10.1. The molecule has 5 nitrogen and oxygen atoms in total. The number of carbonyl (C=O) groups excluding carboxylic acids is 2. The van der Waals surface area contributed by atoms with Crippen molar-refractivity contribution in [2.45, 2.75) is 33.6 Å². The fourth-order valence-corrected chi connectivity index (χ4v) is 2.59. The Morgan fingerprint density at radius 2 is 1.58 bits per heavy atom. The molecule has 2 N–H and O–H groups in total. The van der Waals surface area contributed by atoms with Gasteiger partial charge in [-0.05, 0) is 49.2 Å². The van der Waals surface area contributed by atoms with E-state index in [2.05, 4.69) is 13.8 Å². The Hall–Kier alpha value is -2.82. The molecule has 0 radical (unpaired) electrons. The Bertz CT molecular complexity index is 752. The van der Waals surface area contributed by atoms with E-state index in [-0.39, 0.29) is 11.8 Å². The summed E-state index contributed by atoms with van der Waals surface area (Å²) in [5.41, 5.74) is 8.41. The van der Waals surface area contributed by atoms with Gasteiger partial charge in [0.05, 0.1) is 17.7 Å². The molecule has 2 amide bonds. The number of hydrogen-bond acceptors (Lipinski definition) is 4. The Labute approximate surface area is 154 Å². The fourth-order valence-electron chi connectivity index (χ4n) is 2.59. The van der Waals surface area contributed by atoms with Crippen molar-refractivity contribution >= 4 is 17.5 Å². The molecule has 1 aliphatic rings. The molecule has 1 heterocycles. The second-order valence-electron chi connectivity index (χ2n) is 6.24. The van der Waals surface area contributed by atoms with Crippen LogP contribution < -0.4 is 10.5 Å². The van der Waals surface area contributed by atoms with Gasteiger partial charge in [-0.25, -0.2) is 0 Å². The second kappa shape index (κ2) is 9.04. The number of amides is 2. The third-order valence-electron chi connectivity index (χ3n) is 3.91. The Morgan fingerprint density at radius 1 is 1.00 bits per heavy atom. The first-order valence-electron chi connectivity index (χ1n) is 8.93. The molecule has 0 unspecified atom stereocenters. The van der Waals surface area contributed by atoms with Gasteiger partial charge in [0.2, 0.25) is 0 Å². The van der Waals surface area contributed by atoms with E-state index in [0.29, 0.717) is 30.7 Å². The van der Waals surface area contributed by atoms with Gasteiger partial charge in [-0.1, -0.05) is 32.4 Å². The summed E-state index contributed by atoms with van der Waals surface area (Å²) in [6, 6.07) is 12.4. The second-order valence-corrected chi connectivity index (χ2v) is 6.24. The first-order valence-corrected chi connectivity index (χ1v) is 8.93. The van der Waals surface area contributed by atoms with Crippen molar-refractivity contribution in [2.75, 3.05) is 18.9 Å². The van der Waals surface area contributed by atoms with Crippen LogP contribution in [0.4, 0.5) is 5.69 Å². The number of anilines is 1.